The largest absolute Gasteiger partial charge is 0.385 e. The molecule has 9 heteroatoms. The molecule has 1 atom stereocenters. The Labute approximate surface area is 228 Å². The molecule has 1 saturated heterocycles. The summed E-state index contributed by atoms with van der Waals surface area (Å²) in [7, 11) is 5.39. The molecule has 3 heterocycles. The van der Waals surface area contributed by atoms with Gasteiger partial charge in [-0.25, -0.2) is 9.37 Å². The van der Waals surface area contributed by atoms with E-state index < -0.39 is 11.4 Å². The van der Waals surface area contributed by atoms with Crippen LogP contribution in [0, 0.1) is 5.82 Å². The number of fused-ring (bicyclic) bond motifs is 2. The molecular weight excluding hydrogens is 495 g/mol. The Kier molecular flexibility index (Phi) is 7.61. The van der Waals surface area contributed by atoms with Crippen molar-refractivity contribution in [3.05, 3.63) is 54.0 Å². The van der Waals surface area contributed by atoms with Crippen LogP contribution in [0.5, 0.6) is 0 Å². The third kappa shape index (κ3) is 5.23. The van der Waals surface area contributed by atoms with Crippen LogP contribution in [0.15, 0.2) is 42.6 Å². The first-order chi connectivity index (χ1) is 18.8. The van der Waals surface area contributed by atoms with Gasteiger partial charge in [0.2, 0.25) is 12.4 Å². The average Bonchev–Trinajstić information content (AvgIpc) is 2.93. The number of ether oxygens (including phenoxy) is 1. The van der Waals surface area contributed by atoms with Crippen molar-refractivity contribution in [1.29, 1.82) is 0 Å². The number of aryl methyl sites for hydroxylation is 1. The van der Waals surface area contributed by atoms with Crippen molar-refractivity contribution in [2.24, 2.45) is 0 Å². The molecule has 0 aliphatic carbocycles. The molecule has 1 N–H and O–H groups in total. The predicted molar refractivity (Wildman–Crippen MR) is 154 cm³/mol. The number of carbonyl (C=O) groups excluding carboxylic acids is 1. The van der Waals surface area contributed by atoms with E-state index in [9.17, 15) is 4.79 Å². The van der Waals surface area contributed by atoms with Gasteiger partial charge in [-0.3, -0.25) is 9.78 Å². The molecule has 1 amide bonds. The number of rotatable bonds is 9. The molecule has 0 bridgehead atoms. The van der Waals surface area contributed by atoms with Crippen molar-refractivity contribution in [2.45, 2.75) is 38.1 Å². The summed E-state index contributed by atoms with van der Waals surface area (Å²) in [6.07, 6.45) is 5.85. The first kappa shape index (κ1) is 26.7. The lowest BCUT2D eigenvalue weighted by Crippen LogP contribution is -2.55. The number of benzene rings is 2. The van der Waals surface area contributed by atoms with Crippen molar-refractivity contribution >= 4 is 39.9 Å². The summed E-state index contributed by atoms with van der Waals surface area (Å²) < 4.78 is 21.8. The number of piperidine rings is 1. The molecule has 1 unspecified atom stereocenters. The van der Waals surface area contributed by atoms with E-state index in [-0.39, 0.29) is 11.2 Å². The Morgan fingerprint density at radius 2 is 2.00 bits per heavy atom. The molecule has 0 spiro atoms. The first-order valence-electron chi connectivity index (χ1n) is 13.3. The molecule has 4 aromatic rings. The molecule has 5 rings (SSSR count). The summed E-state index contributed by atoms with van der Waals surface area (Å²) in [5.74, 6) is 0.574. The van der Waals surface area contributed by atoms with Crippen molar-refractivity contribution in [3.63, 3.8) is 0 Å². The fraction of sp³-hybridized carbons (Fsp3) is 0.400. The highest BCUT2D eigenvalue weighted by molar-refractivity contribution is 6.01. The van der Waals surface area contributed by atoms with Gasteiger partial charge >= 0.3 is 0 Å². The fourth-order valence-corrected chi connectivity index (χ4v) is 5.57. The van der Waals surface area contributed by atoms with Crippen molar-refractivity contribution in [2.75, 3.05) is 50.7 Å². The van der Waals surface area contributed by atoms with Crippen molar-refractivity contribution in [1.82, 2.24) is 20.3 Å². The number of nitrogens with one attached hydrogen (secondary N) is 1. The van der Waals surface area contributed by atoms with Crippen LogP contribution in [0.1, 0.15) is 31.7 Å². The first-order valence-corrected chi connectivity index (χ1v) is 13.3. The summed E-state index contributed by atoms with van der Waals surface area (Å²) in [5.41, 5.74) is 1.98. The van der Waals surface area contributed by atoms with Gasteiger partial charge in [-0.1, -0.05) is 36.4 Å². The third-order valence-corrected chi connectivity index (χ3v) is 7.50. The van der Waals surface area contributed by atoms with Gasteiger partial charge < -0.3 is 19.9 Å². The molecule has 2 aromatic carbocycles. The summed E-state index contributed by atoms with van der Waals surface area (Å²) >= 11 is 0. The standard InChI is InChI=1S/C30H35FN6O2/c1-30(33-19-38)14-8-15-37(18-30)28-23-17-32-26(25(31)27(23)34-29(35-28)36(2)3)22-13-6-11-20-9-5-10-21(24(20)22)12-7-16-39-4/h5-6,9-11,13,17,19H,7-8,12,14-16,18H2,1-4H3,(H,33,38). The second-order valence-corrected chi connectivity index (χ2v) is 10.7. The molecule has 1 aliphatic heterocycles. The minimum absolute atomic E-state index is 0.234. The lowest BCUT2D eigenvalue weighted by atomic mass is 9.91. The van der Waals surface area contributed by atoms with Crippen LogP contribution in [0.2, 0.25) is 0 Å². The van der Waals surface area contributed by atoms with E-state index in [1.165, 1.54) is 0 Å². The highest BCUT2D eigenvalue weighted by Crippen LogP contribution is 2.37. The Hall–Kier alpha value is -3.85. The summed E-state index contributed by atoms with van der Waals surface area (Å²) in [6, 6.07) is 12.1. The minimum Gasteiger partial charge on any atom is -0.385 e. The fourth-order valence-electron chi connectivity index (χ4n) is 5.57. The summed E-state index contributed by atoms with van der Waals surface area (Å²) in [6.45, 7) is 3.98. The van der Waals surface area contributed by atoms with Crippen LogP contribution < -0.4 is 15.1 Å². The smallest absolute Gasteiger partial charge is 0.227 e. The van der Waals surface area contributed by atoms with E-state index in [4.69, 9.17) is 9.72 Å². The molecule has 39 heavy (non-hydrogen) atoms. The number of aromatic nitrogens is 3. The summed E-state index contributed by atoms with van der Waals surface area (Å²) in [4.78, 5) is 29.3. The van der Waals surface area contributed by atoms with Crippen LogP contribution in [0.3, 0.4) is 0 Å². The van der Waals surface area contributed by atoms with Gasteiger partial charge in [0.05, 0.1) is 10.9 Å². The zero-order chi connectivity index (χ0) is 27.6. The average molecular weight is 531 g/mol. The normalized spacial score (nSPS) is 17.5. The lowest BCUT2D eigenvalue weighted by molar-refractivity contribution is -0.111. The van der Waals surface area contributed by atoms with E-state index in [1.807, 2.05) is 51.4 Å². The van der Waals surface area contributed by atoms with E-state index in [2.05, 4.69) is 26.3 Å². The van der Waals surface area contributed by atoms with Gasteiger partial charge in [-0.15, -0.1) is 0 Å². The van der Waals surface area contributed by atoms with E-state index in [0.717, 1.165) is 60.5 Å². The van der Waals surface area contributed by atoms with Crippen LogP contribution in [0.25, 0.3) is 32.9 Å². The van der Waals surface area contributed by atoms with Crippen LogP contribution >= 0.6 is 0 Å². The second kappa shape index (κ2) is 11.1. The number of nitrogens with zero attached hydrogens (tertiary/aromatic N) is 5. The Morgan fingerprint density at radius 1 is 1.21 bits per heavy atom. The van der Waals surface area contributed by atoms with Gasteiger partial charge in [0.25, 0.3) is 0 Å². The van der Waals surface area contributed by atoms with Crippen LogP contribution in [-0.2, 0) is 16.0 Å². The monoisotopic (exact) mass is 530 g/mol. The number of hydrogen-bond acceptors (Lipinski definition) is 7. The molecule has 0 saturated carbocycles. The van der Waals surface area contributed by atoms with Crippen molar-refractivity contribution in [3.8, 4) is 11.3 Å². The zero-order valence-corrected chi connectivity index (χ0v) is 23.0. The third-order valence-electron chi connectivity index (χ3n) is 7.50. The number of anilines is 2. The highest BCUT2D eigenvalue weighted by Gasteiger charge is 2.33. The predicted octanol–water partition coefficient (Wildman–Crippen LogP) is 4.73. The SMILES string of the molecule is COCCCc1cccc2cccc(-c3ncc4c(N5CCCC(C)(NC=O)C5)nc(N(C)C)nc4c3F)c12. The number of halogens is 1. The molecule has 0 radical (unpaired) electrons. The molecule has 2 aromatic heterocycles. The molecule has 1 fully saturated rings. The Morgan fingerprint density at radius 3 is 2.74 bits per heavy atom. The number of pyridine rings is 1. The number of carbonyl (C=O) groups is 1. The van der Waals surface area contributed by atoms with E-state index in [0.29, 0.717) is 30.3 Å². The van der Waals surface area contributed by atoms with Gasteiger partial charge in [0.15, 0.2) is 5.82 Å². The van der Waals surface area contributed by atoms with Gasteiger partial charge in [-0.05, 0) is 48.9 Å². The van der Waals surface area contributed by atoms with Crippen LogP contribution in [-0.4, -0.2) is 67.8 Å². The zero-order valence-electron chi connectivity index (χ0n) is 23.0. The van der Waals surface area contributed by atoms with Crippen molar-refractivity contribution < 1.29 is 13.9 Å². The molecular formula is C30H35FN6O2. The Bertz CT molecular complexity index is 1510. The highest BCUT2D eigenvalue weighted by atomic mass is 19.1. The number of amides is 1. The topological polar surface area (TPSA) is 83.5 Å². The molecule has 8 nitrogen and oxygen atoms in total. The minimum atomic E-state index is -0.468. The maximum absolute atomic E-state index is 16.5. The quantitative estimate of drug-likeness (QED) is 0.247. The second-order valence-electron chi connectivity index (χ2n) is 10.7. The maximum Gasteiger partial charge on any atom is 0.227 e. The lowest BCUT2D eigenvalue weighted by Gasteiger charge is -2.41. The Balaban J connectivity index is 1.67. The molecule has 204 valence electrons. The van der Waals surface area contributed by atoms with E-state index in [1.54, 1.807) is 18.2 Å². The van der Waals surface area contributed by atoms with Crippen LogP contribution in [0.4, 0.5) is 16.2 Å². The summed E-state index contributed by atoms with van der Waals surface area (Å²) in [5, 5.41) is 5.54. The van der Waals surface area contributed by atoms with Gasteiger partial charge in [0, 0.05) is 52.7 Å². The number of methoxy groups -OCH3 is 1. The number of hydrogen-bond donors (Lipinski definition) is 1. The van der Waals surface area contributed by atoms with E-state index >= 15 is 4.39 Å². The van der Waals surface area contributed by atoms with Gasteiger partial charge in [0.1, 0.15) is 17.0 Å². The molecule has 1 aliphatic rings. The maximum atomic E-state index is 16.5. The van der Waals surface area contributed by atoms with Gasteiger partial charge in [-0.2, -0.15) is 4.98 Å².